The van der Waals surface area contributed by atoms with Crippen molar-refractivity contribution in [3.63, 3.8) is 0 Å². The number of rotatable bonds is 4. The van der Waals surface area contributed by atoms with Gasteiger partial charge in [-0.15, -0.1) is 21.8 Å². The number of halogens is 1. The monoisotopic (exact) mass is 267 g/mol. The molecule has 0 unspecified atom stereocenters. The van der Waals surface area contributed by atoms with Crippen molar-refractivity contribution in [2.24, 2.45) is 5.92 Å². The van der Waals surface area contributed by atoms with Crippen molar-refractivity contribution in [1.82, 2.24) is 14.8 Å². The summed E-state index contributed by atoms with van der Waals surface area (Å²) in [5.41, 5.74) is 0. The smallest absolute Gasteiger partial charge is 0.148 e. The minimum absolute atomic E-state index is 0.494. The van der Waals surface area contributed by atoms with Crippen LogP contribution in [-0.4, -0.2) is 14.8 Å². The molecular weight excluding hydrogens is 246 g/mol. The van der Waals surface area contributed by atoms with E-state index in [1.807, 2.05) is 0 Å². The van der Waals surface area contributed by atoms with Crippen molar-refractivity contribution in [2.75, 3.05) is 0 Å². The van der Waals surface area contributed by atoms with Gasteiger partial charge in [-0.1, -0.05) is 38.5 Å². The minimum Gasteiger partial charge on any atom is -0.311 e. The van der Waals surface area contributed by atoms with Crippen LogP contribution in [-0.2, 0) is 12.3 Å². The van der Waals surface area contributed by atoms with Crippen LogP contribution in [0.25, 0.3) is 0 Å². The molecule has 0 N–H and O–H groups in total. The van der Waals surface area contributed by atoms with Crippen LogP contribution in [0.5, 0.6) is 0 Å². The molecule has 3 rings (SSSR count). The Bertz CT molecular complexity index is 390. The first-order valence-electron chi connectivity index (χ1n) is 7.37. The van der Waals surface area contributed by atoms with Gasteiger partial charge in [0.2, 0.25) is 0 Å². The van der Waals surface area contributed by atoms with Crippen LogP contribution in [0, 0.1) is 5.92 Å². The van der Waals surface area contributed by atoms with Crippen molar-refractivity contribution in [1.29, 1.82) is 0 Å². The van der Waals surface area contributed by atoms with E-state index in [0.717, 1.165) is 18.2 Å². The van der Waals surface area contributed by atoms with Crippen LogP contribution in [0.2, 0.25) is 0 Å². The van der Waals surface area contributed by atoms with E-state index < -0.39 is 0 Å². The molecule has 2 fully saturated rings. The lowest BCUT2D eigenvalue weighted by Crippen LogP contribution is -2.11. The summed E-state index contributed by atoms with van der Waals surface area (Å²) in [7, 11) is 0. The summed E-state index contributed by atoms with van der Waals surface area (Å²) in [5.74, 6) is 3.48. The highest BCUT2D eigenvalue weighted by Crippen LogP contribution is 2.38. The van der Waals surface area contributed by atoms with Gasteiger partial charge in [0.1, 0.15) is 11.6 Å². The van der Waals surface area contributed by atoms with Crippen molar-refractivity contribution in [2.45, 2.75) is 69.7 Å². The summed E-state index contributed by atoms with van der Waals surface area (Å²) in [4.78, 5) is 0. The lowest BCUT2D eigenvalue weighted by atomic mass is 9.96. The fraction of sp³-hybridized carbons (Fsp3) is 0.857. The van der Waals surface area contributed by atoms with E-state index in [1.165, 1.54) is 57.2 Å². The van der Waals surface area contributed by atoms with E-state index in [4.69, 9.17) is 11.6 Å². The van der Waals surface area contributed by atoms with Crippen LogP contribution in [0.4, 0.5) is 0 Å². The summed E-state index contributed by atoms with van der Waals surface area (Å²) in [6.45, 7) is 0. The van der Waals surface area contributed by atoms with E-state index >= 15 is 0 Å². The highest BCUT2D eigenvalue weighted by molar-refractivity contribution is 6.16. The maximum absolute atomic E-state index is 5.96. The third kappa shape index (κ3) is 2.71. The summed E-state index contributed by atoms with van der Waals surface area (Å²) in [5, 5.41) is 8.67. The first-order chi connectivity index (χ1) is 8.88. The Balaban J connectivity index is 1.73. The first-order valence-corrected chi connectivity index (χ1v) is 7.90. The van der Waals surface area contributed by atoms with E-state index in [0.29, 0.717) is 11.9 Å². The molecule has 0 atom stereocenters. The molecule has 4 heteroatoms. The van der Waals surface area contributed by atoms with Gasteiger partial charge in [-0.05, 0) is 18.8 Å². The topological polar surface area (TPSA) is 30.7 Å². The largest absolute Gasteiger partial charge is 0.311 e. The van der Waals surface area contributed by atoms with E-state index in [2.05, 4.69) is 14.8 Å². The summed E-state index contributed by atoms with van der Waals surface area (Å²) in [6, 6.07) is 0.648. The summed E-state index contributed by atoms with van der Waals surface area (Å²) in [6.07, 6.45) is 12.0. The molecule has 0 bridgehead atoms. The molecule has 2 saturated carbocycles. The molecule has 0 aromatic carbocycles. The highest BCUT2D eigenvalue weighted by Gasteiger charge is 2.29. The van der Waals surface area contributed by atoms with Crippen molar-refractivity contribution in [3.8, 4) is 0 Å². The van der Waals surface area contributed by atoms with Crippen LogP contribution in [0.3, 0.4) is 0 Å². The van der Waals surface area contributed by atoms with Gasteiger partial charge in [0.15, 0.2) is 0 Å². The van der Waals surface area contributed by atoms with Crippen LogP contribution in [0.1, 0.15) is 69.1 Å². The Morgan fingerprint density at radius 1 is 0.944 bits per heavy atom. The molecule has 0 spiro atoms. The standard InChI is InChI=1S/C14H22ClN3/c15-10-14-17-16-13(18(14)12-7-8-12)9-11-5-3-1-2-4-6-11/h11-12H,1-10H2. The van der Waals surface area contributed by atoms with Gasteiger partial charge in [-0.2, -0.15) is 0 Å². The molecule has 1 aromatic rings. The molecule has 18 heavy (non-hydrogen) atoms. The molecule has 0 saturated heterocycles. The lowest BCUT2D eigenvalue weighted by molar-refractivity contribution is 0.437. The molecule has 0 amide bonds. The van der Waals surface area contributed by atoms with Crippen LogP contribution in [0.15, 0.2) is 0 Å². The summed E-state index contributed by atoms with van der Waals surface area (Å²) >= 11 is 5.96. The second-order valence-corrected chi connectivity index (χ2v) is 6.10. The zero-order valence-corrected chi connectivity index (χ0v) is 11.7. The SMILES string of the molecule is ClCc1nnc(CC2CCCCCC2)n1C1CC1. The average Bonchev–Trinajstić information content (AvgIpc) is 3.17. The van der Waals surface area contributed by atoms with E-state index in [9.17, 15) is 0 Å². The van der Waals surface area contributed by atoms with Gasteiger partial charge in [0.25, 0.3) is 0 Å². The molecule has 3 nitrogen and oxygen atoms in total. The van der Waals surface area contributed by atoms with Gasteiger partial charge in [0, 0.05) is 12.5 Å². The van der Waals surface area contributed by atoms with E-state index in [-0.39, 0.29) is 0 Å². The number of aromatic nitrogens is 3. The van der Waals surface area contributed by atoms with Gasteiger partial charge >= 0.3 is 0 Å². The predicted octanol–water partition coefficient (Wildman–Crippen LogP) is 3.86. The first kappa shape index (κ1) is 12.5. The molecule has 100 valence electrons. The number of nitrogens with zero attached hydrogens (tertiary/aromatic N) is 3. The highest BCUT2D eigenvalue weighted by atomic mass is 35.5. The van der Waals surface area contributed by atoms with Crippen LogP contribution >= 0.6 is 11.6 Å². The average molecular weight is 268 g/mol. The quantitative estimate of drug-likeness (QED) is 0.613. The number of alkyl halides is 1. The molecule has 0 aliphatic heterocycles. The molecule has 1 aromatic heterocycles. The van der Waals surface area contributed by atoms with Gasteiger partial charge in [0.05, 0.1) is 5.88 Å². The molecule has 0 radical (unpaired) electrons. The fourth-order valence-corrected chi connectivity index (χ4v) is 3.35. The fourth-order valence-electron chi connectivity index (χ4n) is 3.17. The number of hydrogen-bond acceptors (Lipinski definition) is 2. The Morgan fingerprint density at radius 2 is 1.61 bits per heavy atom. The van der Waals surface area contributed by atoms with Gasteiger partial charge in [-0.25, -0.2) is 0 Å². The Hall–Kier alpha value is -0.570. The Kier molecular flexibility index (Phi) is 3.88. The van der Waals surface area contributed by atoms with Gasteiger partial charge in [-0.3, -0.25) is 0 Å². The maximum Gasteiger partial charge on any atom is 0.148 e. The Morgan fingerprint density at radius 3 is 2.22 bits per heavy atom. The zero-order valence-electron chi connectivity index (χ0n) is 10.9. The normalized spacial score (nSPS) is 22.1. The maximum atomic E-state index is 5.96. The van der Waals surface area contributed by atoms with Crippen LogP contribution < -0.4 is 0 Å². The second kappa shape index (κ2) is 5.60. The lowest BCUT2D eigenvalue weighted by Gasteiger charge is -2.14. The number of hydrogen-bond donors (Lipinski definition) is 0. The van der Waals surface area contributed by atoms with Gasteiger partial charge < -0.3 is 4.57 Å². The third-order valence-corrected chi connectivity index (χ3v) is 4.55. The van der Waals surface area contributed by atoms with Crippen molar-refractivity contribution < 1.29 is 0 Å². The van der Waals surface area contributed by atoms with Crippen molar-refractivity contribution >= 4 is 11.6 Å². The zero-order chi connectivity index (χ0) is 12.4. The third-order valence-electron chi connectivity index (χ3n) is 4.31. The molecule has 2 aliphatic carbocycles. The Labute approximate surface area is 114 Å². The molecule has 1 heterocycles. The van der Waals surface area contributed by atoms with E-state index in [1.54, 1.807) is 0 Å². The predicted molar refractivity (Wildman–Crippen MR) is 72.7 cm³/mol. The molecule has 2 aliphatic rings. The van der Waals surface area contributed by atoms with Crippen molar-refractivity contribution in [3.05, 3.63) is 11.6 Å². The molecular formula is C14H22ClN3. The minimum atomic E-state index is 0.494. The summed E-state index contributed by atoms with van der Waals surface area (Å²) < 4.78 is 2.33. The second-order valence-electron chi connectivity index (χ2n) is 5.83.